The van der Waals surface area contributed by atoms with Crippen LogP contribution < -0.4 is 0 Å². The third-order valence-corrected chi connectivity index (χ3v) is 3.95. The molecule has 114 valence electrons. The van der Waals surface area contributed by atoms with Crippen LogP contribution in [0.25, 0.3) is 0 Å². The molecule has 0 amide bonds. The minimum absolute atomic E-state index is 0.150. The van der Waals surface area contributed by atoms with Crippen LogP contribution in [-0.2, 0) is 30.4 Å². The van der Waals surface area contributed by atoms with Crippen molar-refractivity contribution in [2.45, 2.75) is 32.0 Å². The minimum atomic E-state index is -1.22. The van der Waals surface area contributed by atoms with E-state index in [1.807, 2.05) is 30.3 Å². The Morgan fingerprint density at radius 1 is 1.14 bits per heavy atom. The largest absolute Gasteiger partial charge is 0.468 e. The molecule has 0 radical (unpaired) electrons. The van der Waals surface area contributed by atoms with Gasteiger partial charge in [0.05, 0.1) is 26.9 Å². The Kier molecular flexibility index (Phi) is 4.96. The van der Waals surface area contributed by atoms with Crippen LogP contribution in [0.3, 0.4) is 0 Å². The summed E-state index contributed by atoms with van der Waals surface area (Å²) >= 11 is 0. The van der Waals surface area contributed by atoms with Crippen LogP contribution in [0.5, 0.6) is 0 Å². The molecule has 1 fully saturated rings. The van der Waals surface area contributed by atoms with Gasteiger partial charge in [0.25, 0.3) is 0 Å². The summed E-state index contributed by atoms with van der Waals surface area (Å²) in [5.74, 6) is -1.08. The third kappa shape index (κ3) is 3.24. The third-order valence-electron chi connectivity index (χ3n) is 3.95. The number of benzene rings is 1. The van der Waals surface area contributed by atoms with Crippen LogP contribution in [-0.4, -0.2) is 32.3 Å². The van der Waals surface area contributed by atoms with Crippen LogP contribution >= 0.6 is 0 Å². The topological polar surface area (TPSA) is 61.8 Å². The van der Waals surface area contributed by atoms with Crippen molar-refractivity contribution >= 4 is 11.9 Å². The Balaban J connectivity index is 2.00. The number of carbonyl (C=O) groups is 2. The molecule has 0 unspecified atom stereocenters. The fraction of sp³-hybridized carbons (Fsp3) is 0.500. The van der Waals surface area contributed by atoms with Gasteiger partial charge >= 0.3 is 11.9 Å². The summed E-state index contributed by atoms with van der Waals surface area (Å²) in [6, 6.07) is 9.78. The van der Waals surface area contributed by atoms with Gasteiger partial charge in [-0.05, 0) is 18.4 Å². The van der Waals surface area contributed by atoms with E-state index in [-0.39, 0.29) is 6.10 Å². The number of rotatable bonds is 5. The van der Waals surface area contributed by atoms with Gasteiger partial charge < -0.3 is 14.2 Å². The number of ether oxygens (including phenoxy) is 3. The number of esters is 2. The van der Waals surface area contributed by atoms with Crippen molar-refractivity contribution in [3.8, 4) is 0 Å². The van der Waals surface area contributed by atoms with Gasteiger partial charge in [0.1, 0.15) is 0 Å². The number of carbonyl (C=O) groups excluding carboxylic acids is 2. The minimum Gasteiger partial charge on any atom is -0.468 e. The maximum absolute atomic E-state index is 12.0. The second-order valence-electron chi connectivity index (χ2n) is 5.23. The van der Waals surface area contributed by atoms with Crippen LogP contribution in [0.15, 0.2) is 30.3 Å². The second-order valence-corrected chi connectivity index (χ2v) is 5.23. The van der Waals surface area contributed by atoms with Gasteiger partial charge in [-0.3, -0.25) is 9.59 Å². The first-order chi connectivity index (χ1) is 10.1. The van der Waals surface area contributed by atoms with E-state index < -0.39 is 17.4 Å². The second kappa shape index (κ2) is 6.72. The van der Waals surface area contributed by atoms with Gasteiger partial charge in [0.2, 0.25) is 0 Å². The maximum atomic E-state index is 12.0. The molecule has 1 saturated carbocycles. The van der Waals surface area contributed by atoms with Gasteiger partial charge in [-0.1, -0.05) is 30.3 Å². The zero-order valence-electron chi connectivity index (χ0n) is 12.3. The predicted molar refractivity (Wildman–Crippen MR) is 75.3 cm³/mol. The summed E-state index contributed by atoms with van der Waals surface area (Å²) in [6.07, 6.45) is 1.19. The molecule has 0 saturated heterocycles. The molecule has 0 aliphatic heterocycles. The molecule has 0 bridgehead atoms. The molecule has 1 atom stereocenters. The summed E-state index contributed by atoms with van der Waals surface area (Å²) < 4.78 is 15.4. The van der Waals surface area contributed by atoms with Crippen molar-refractivity contribution in [1.29, 1.82) is 0 Å². The van der Waals surface area contributed by atoms with Gasteiger partial charge in [-0.2, -0.15) is 0 Å². The molecule has 0 aromatic heterocycles. The van der Waals surface area contributed by atoms with Gasteiger partial charge in [0, 0.05) is 6.42 Å². The lowest BCUT2D eigenvalue weighted by Crippen LogP contribution is -2.39. The highest BCUT2D eigenvalue weighted by Crippen LogP contribution is 2.42. The number of methoxy groups -OCH3 is 2. The molecule has 1 aromatic rings. The SMILES string of the molecule is COC(=O)C1(C(=O)OC)CC[C@H](OCc2ccccc2)C1. The predicted octanol–water partition coefficient (Wildman–Crippen LogP) is 2.09. The first-order valence-electron chi connectivity index (χ1n) is 6.95. The van der Waals surface area contributed by atoms with Gasteiger partial charge in [-0.25, -0.2) is 0 Å². The quantitative estimate of drug-likeness (QED) is 0.614. The lowest BCUT2D eigenvalue weighted by Gasteiger charge is -2.23. The monoisotopic (exact) mass is 292 g/mol. The molecular weight excluding hydrogens is 272 g/mol. The summed E-state index contributed by atoms with van der Waals surface area (Å²) in [4.78, 5) is 24.0. The Bertz CT molecular complexity index is 481. The van der Waals surface area contributed by atoms with E-state index in [0.717, 1.165) is 5.56 Å². The average molecular weight is 292 g/mol. The Labute approximate surface area is 124 Å². The molecule has 1 aromatic carbocycles. The highest BCUT2D eigenvalue weighted by molar-refractivity contribution is 6.00. The highest BCUT2D eigenvalue weighted by atomic mass is 16.5. The first-order valence-corrected chi connectivity index (χ1v) is 6.95. The van der Waals surface area contributed by atoms with E-state index in [2.05, 4.69) is 0 Å². The highest BCUT2D eigenvalue weighted by Gasteiger charge is 2.53. The Hall–Kier alpha value is -1.88. The number of hydrogen-bond donors (Lipinski definition) is 0. The molecule has 21 heavy (non-hydrogen) atoms. The first kappa shape index (κ1) is 15.5. The van der Waals surface area contributed by atoms with E-state index >= 15 is 0 Å². The lowest BCUT2D eigenvalue weighted by molar-refractivity contribution is -0.169. The van der Waals surface area contributed by atoms with E-state index in [1.54, 1.807) is 0 Å². The lowest BCUT2D eigenvalue weighted by atomic mass is 9.86. The van der Waals surface area contributed by atoms with Crippen LogP contribution in [0.1, 0.15) is 24.8 Å². The molecule has 5 heteroatoms. The molecule has 5 nitrogen and oxygen atoms in total. The zero-order chi connectivity index (χ0) is 15.3. The summed E-state index contributed by atoms with van der Waals surface area (Å²) in [5.41, 5.74) is -0.156. The van der Waals surface area contributed by atoms with Crippen LogP contribution in [0.2, 0.25) is 0 Å². The summed E-state index contributed by atoms with van der Waals surface area (Å²) in [7, 11) is 2.57. The smallest absolute Gasteiger partial charge is 0.323 e. The van der Waals surface area contributed by atoms with E-state index in [9.17, 15) is 9.59 Å². The Morgan fingerprint density at radius 2 is 1.76 bits per heavy atom. The molecule has 1 aliphatic carbocycles. The molecule has 0 spiro atoms. The van der Waals surface area contributed by atoms with Crippen molar-refractivity contribution in [2.75, 3.05) is 14.2 Å². The maximum Gasteiger partial charge on any atom is 0.323 e. The number of hydrogen-bond acceptors (Lipinski definition) is 5. The fourth-order valence-electron chi connectivity index (χ4n) is 2.78. The van der Waals surface area contributed by atoms with Crippen LogP contribution in [0, 0.1) is 5.41 Å². The van der Waals surface area contributed by atoms with Gasteiger partial charge in [0.15, 0.2) is 5.41 Å². The molecule has 2 rings (SSSR count). The molecule has 0 heterocycles. The fourth-order valence-corrected chi connectivity index (χ4v) is 2.78. The standard InChI is InChI=1S/C16H20O5/c1-19-14(17)16(15(18)20-2)9-8-13(10-16)21-11-12-6-4-3-5-7-12/h3-7,13H,8-11H2,1-2H3/t13-/m0/s1. The molecular formula is C16H20O5. The van der Waals surface area contributed by atoms with Crippen LogP contribution in [0.4, 0.5) is 0 Å². The normalized spacial score (nSPS) is 20.0. The zero-order valence-corrected chi connectivity index (χ0v) is 12.3. The molecule has 0 N–H and O–H groups in total. The van der Waals surface area contributed by atoms with E-state index in [1.165, 1.54) is 14.2 Å². The van der Waals surface area contributed by atoms with E-state index in [4.69, 9.17) is 14.2 Å². The van der Waals surface area contributed by atoms with Gasteiger partial charge in [-0.15, -0.1) is 0 Å². The van der Waals surface area contributed by atoms with Crippen molar-refractivity contribution in [1.82, 2.24) is 0 Å². The average Bonchev–Trinajstić information content (AvgIpc) is 2.98. The molecule has 1 aliphatic rings. The van der Waals surface area contributed by atoms with Crippen molar-refractivity contribution in [2.24, 2.45) is 5.41 Å². The summed E-state index contributed by atoms with van der Waals surface area (Å²) in [5, 5.41) is 0. The van der Waals surface area contributed by atoms with E-state index in [0.29, 0.717) is 25.9 Å². The van der Waals surface area contributed by atoms with Crippen molar-refractivity contribution in [3.63, 3.8) is 0 Å². The van der Waals surface area contributed by atoms with Crippen molar-refractivity contribution < 1.29 is 23.8 Å². The summed E-state index contributed by atoms with van der Waals surface area (Å²) in [6.45, 7) is 0.462. The van der Waals surface area contributed by atoms with Crippen molar-refractivity contribution in [3.05, 3.63) is 35.9 Å². The Morgan fingerprint density at radius 3 is 2.33 bits per heavy atom.